The molecule has 2 N–H and O–H groups in total. The highest BCUT2D eigenvalue weighted by atomic mass is 32.2. The zero-order valence-electron chi connectivity index (χ0n) is 16.5. The minimum atomic E-state index is -3.16. The fraction of sp³-hybridized carbons (Fsp3) is 0.400. The van der Waals surface area contributed by atoms with Crippen molar-refractivity contribution in [1.82, 2.24) is 20.3 Å². The van der Waals surface area contributed by atoms with E-state index in [-0.39, 0.29) is 36.0 Å². The molecule has 1 aromatic carbocycles. The topological polar surface area (TPSA) is 125 Å². The molecule has 30 heavy (non-hydrogen) atoms. The summed E-state index contributed by atoms with van der Waals surface area (Å²) in [6.45, 7) is 1.81. The number of aromatic nitrogens is 2. The number of carbonyl (C=O) groups is 2. The fourth-order valence-electron chi connectivity index (χ4n) is 3.66. The summed E-state index contributed by atoms with van der Waals surface area (Å²) >= 11 is 0. The molecule has 2 atom stereocenters. The Balaban J connectivity index is 1.45. The van der Waals surface area contributed by atoms with E-state index in [1.54, 1.807) is 13.1 Å². The first-order chi connectivity index (χ1) is 14.3. The van der Waals surface area contributed by atoms with Crippen LogP contribution < -0.4 is 5.32 Å². The van der Waals surface area contributed by atoms with Crippen molar-refractivity contribution in [2.75, 3.05) is 11.5 Å². The summed E-state index contributed by atoms with van der Waals surface area (Å²) in [5, 5.41) is 8.24. The van der Waals surface area contributed by atoms with Gasteiger partial charge in [0.1, 0.15) is 11.5 Å². The van der Waals surface area contributed by atoms with E-state index in [4.69, 9.17) is 0 Å². The Morgan fingerprint density at radius 3 is 2.73 bits per heavy atom. The molecule has 2 aliphatic heterocycles. The van der Waals surface area contributed by atoms with Crippen LogP contribution in [0.5, 0.6) is 0 Å². The minimum Gasteiger partial charge on any atom is -0.341 e. The number of hydrogen-bond acceptors (Lipinski definition) is 6. The minimum absolute atomic E-state index is 0.0395. The number of nitrogens with one attached hydrogen (secondary N) is 2. The summed E-state index contributed by atoms with van der Waals surface area (Å²) in [4.78, 5) is 32.5. The maximum absolute atomic E-state index is 12.7. The molecule has 1 saturated heterocycles. The standard InChI is InChI=1S/C20H23N5O4S/c1-13(19-21-11-17(23-19)14-5-3-2-4-6-14)22-20(27)16-7-8-18(26)25(24-16)15-9-10-30(28,29)12-15/h2-6,11,13,15H,7-10,12H2,1H3,(H,21,23)(H,22,27). The van der Waals surface area contributed by atoms with Crippen molar-refractivity contribution in [1.29, 1.82) is 0 Å². The largest absolute Gasteiger partial charge is 0.341 e. The smallest absolute Gasteiger partial charge is 0.268 e. The monoisotopic (exact) mass is 429 g/mol. The van der Waals surface area contributed by atoms with E-state index >= 15 is 0 Å². The van der Waals surface area contributed by atoms with E-state index in [0.29, 0.717) is 12.2 Å². The second-order valence-electron chi connectivity index (χ2n) is 7.59. The second-order valence-corrected chi connectivity index (χ2v) is 9.81. The van der Waals surface area contributed by atoms with Crippen LogP contribution in [0.1, 0.15) is 38.1 Å². The Bertz CT molecular complexity index is 1090. The van der Waals surface area contributed by atoms with Gasteiger partial charge < -0.3 is 10.3 Å². The Morgan fingerprint density at radius 2 is 2.03 bits per heavy atom. The van der Waals surface area contributed by atoms with Gasteiger partial charge in [0.25, 0.3) is 5.91 Å². The number of sulfone groups is 1. The number of H-pyrrole nitrogens is 1. The summed E-state index contributed by atoms with van der Waals surface area (Å²) in [5.74, 6) is -0.104. The molecule has 158 valence electrons. The lowest BCUT2D eigenvalue weighted by atomic mass is 10.1. The summed E-state index contributed by atoms with van der Waals surface area (Å²) in [5.41, 5.74) is 2.06. The Morgan fingerprint density at radius 1 is 1.27 bits per heavy atom. The number of rotatable bonds is 5. The normalized spacial score (nSPS) is 21.9. The van der Waals surface area contributed by atoms with Crippen molar-refractivity contribution >= 4 is 27.4 Å². The molecule has 9 nitrogen and oxygen atoms in total. The highest BCUT2D eigenvalue weighted by Gasteiger charge is 2.37. The molecule has 2 unspecified atom stereocenters. The Labute approximate surface area is 174 Å². The van der Waals surface area contributed by atoms with Crippen molar-refractivity contribution in [3.63, 3.8) is 0 Å². The van der Waals surface area contributed by atoms with Gasteiger partial charge in [-0.3, -0.25) is 9.59 Å². The molecule has 4 rings (SSSR count). The Hall–Kier alpha value is -3.01. The van der Waals surface area contributed by atoms with Crippen molar-refractivity contribution in [2.45, 2.75) is 38.3 Å². The van der Waals surface area contributed by atoms with Gasteiger partial charge in [0, 0.05) is 12.8 Å². The van der Waals surface area contributed by atoms with Crippen LogP contribution >= 0.6 is 0 Å². The predicted octanol–water partition coefficient (Wildman–Crippen LogP) is 1.42. The van der Waals surface area contributed by atoms with Gasteiger partial charge in [-0.1, -0.05) is 30.3 Å². The molecule has 2 aromatic rings. The molecule has 0 aliphatic carbocycles. The third-order valence-corrected chi connectivity index (χ3v) is 7.06. The molecular formula is C20H23N5O4S. The van der Waals surface area contributed by atoms with Crippen molar-refractivity contribution in [2.24, 2.45) is 5.10 Å². The molecule has 0 saturated carbocycles. The van der Waals surface area contributed by atoms with Gasteiger partial charge in [-0.15, -0.1) is 0 Å². The number of nitrogens with zero attached hydrogens (tertiary/aromatic N) is 3. The van der Waals surface area contributed by atoms with Crippen molar-refractivity contribution in [3.05, 3.63) is 42.4 Å². The lowest BCUT2D eigenvalue weighted by Gasteiger charge is -2.27. The first kappa shape index (κ1) is 20.3. The average Bonchev–Trinajstić information content (AvgIpc) is 3.36. The van der Waals surface area contributed by atoms with Crippen molar-refractivity contribution < 1.29 is 18.0 Å². The first-order valence-corrected chi connectivity index (χ1v) is 11.7. The lowest BCUT2D eigenvalue weighted by molar-refractivity contribution is -0.133. The maximum Gasteiger partial charge on any atom is 0.268 e. The highest BCUT2D eigenvalue weighted by molar-refractivity contribution is 7.91. The van der Waals surface area contributed by atoms with Crippen LogP contribution in [0, 0.1) is 0 Å². The van der Waals surface area contributed by atoms with E-state index in [2.05, 4.69) is 20.4 Å². The summed E-state index contributed by atoms with van der Waals surface area (Å²) in [6, 6.07) is 8.84. The van der Waals surface area contributed by atoms with E-state index in [1.807, 2.05) is 30.3 Å². The molecule has 1 aromatic heterocycles. The molecule has 2 amide bonds. The van der Waals surface area contributed by atoms with Crippen LogP contribution in [0.3, 0.4) is 0 Å². The van der Waals surface area contributed by atoms with Gasteiger partial charge in [-0.2, -0.15) is 5.10 Å². The molecule has 1 fully saturated rings. The average molecular weight is 430 g/mol. The maximum atomic E-state index is 12.7. The second kappa shape index (κ2) is 8.02. The third kappa shape index (κ3) is 4.28. The highest BCUT2D eigenvalue weighted by Crippen LogP contribution is 2.23. The van der Waals surface area contributed by atoms with Crippen LogP contribution in [-0.2, 0) is 19.4 Å². The predicted molar refractivity (Wildman–Crippen MR) is 111 cm³/mol. The zero-order valence-corrected chi connectivity index (χ0v) is 17.4. The number of carbonyl (C=O) groups excluding carboxylic acids is 2. The molecule has 10 heteroatoms. The van der Waals surface area contributed by atoms with Gasteiger partial charge in [0.2, 0.25) is 5.91 Å². The van der Waals surface area contributed by atoms with Crippen molar-refractivity contribution in [3.8, 4) is 11.3 Å². The lowest BCUT2D eigenvalue weighted by Crippen LogP contribution is -2.44. The van der Waals surface area contributed by atoms with Gasteiger partial charge in [0.05, 0.1) is 35.5 Å². The zero-order chi connectivity index (χ0) is 21.3. The summed E-state index contributed by atoms with van der Waals surface area (Å²) < 4.78 is 23.5. The number of imidazole rings is 1. The van der Waals surface area contributed by atoms with Crippen LogP contribution in [-0.4, -0.2) is 58.5 Å². The van der Waals surface area contributed by atoms with Gasteiger partial charge in [-0.25, -0.2) is 18.4 Å². The SMILES string of the molecule is CC(NC(=O)C1=NN(C2CCS(=O)(=O)C2)C(=O)CC1)c1ncc(-c2ccccc2)[nH]1. The van der Waals surface area contributed by atoms with E-state index in [9.17, 15) is 18.0 Å². The number of hydrazone groups is 1. The number of benzene rings is 1. The molecule has 0 bridgehead atoms. The summed E-state index contributed by atoms with van der Waals surface area (Å²) in [7, 11) is -3.16. The molecule has 0 spiro atoms. The number of aromatic amines is 1. The number of amides is 2. The van der Waals surface area contributed by atoms with Crippen LogP contribution in [0.4, 0.5) is 0 Å². The third-order valence-electron chi connectivity index (χ3n) is 5.31. The van der Waals surface area contributed by atoms with E-state index in [1.165, 1.54) is 5.01 Å². The molecule has 2 aliphatic rings. The Kier molecular flexibility index (Phi) is 5.42. The quantitative estimate of drug-likeness (QED) is 0.744. The molecule has 3 heterocycles. The van der Waals surface area contributed by atoms with Crippen LogP contribution in [0.2, 0.25) is 0 Å². The summed E-state index contributed by atoms with van der Waals surface area (Å²) in [6.07, 6.45) is 2.42. The van der Waals surface area contributed by atoms with Crippen LogP contribution in [0.15, 0.2) is 41.6 Å². The first-order valence-electron chi connectivity index (χ1n) is 9.83. The van der Waals surface area contributed by atoms with Gasteiger partial charge in [-0.05, 0) is 18.9 Å². The van der Waals surface area contributed by atoms with E-state index in [0.717, 1.165) is 11.3 Å². The molecular weight excluding hydrogens is 406 g/mol. The van der Waals surface area contributed by atoms with Gasteiger partial charge >= 0.3 is 0 Å². The van der Waals surface area contributed by atoms with Gasteiger partial charge in [0.15, 0.2) is 9.84 Å². The van der Waals surface area contributed by atoms with Crippen LogP contribution in [0.25, 0.3) is 11.3 Å². The fourth-order valence-corrected chi connectivity index (χ4v) is 5.35. The van der Waals surface area contributed by atoms with E-state index < -0.39 is 27.8 Å². The number of hydrogen-bond donors (Lipinski definition) is 2. The molecule has 0 radical (unpaired) electrons.